The van der Waals surface area contributed by atoms with E-state index < -0.39 is 17.8 Å². The minimum atomic E-state index is -0.570. The van der Waals surface area contributed by atoms with Crippen molar-refractivity contribution in [3.8, 4) is 0 Å². The lowest BCUT2D eigenvalue weighted by Gasteiger charge is -2.16. The van der Waals surface area contributed by atoms with Crippen molar-refractivity contribution in [1.29, 1.82) is 0 Å². The van der Waals surface area contributed by atoms with Gasteiger partial charge in [-0.1, -0.05) is 34.1 Å². The number of carbonyl (C=O) groups is 3. The average molecular weight is 431 g/mol. The fourth-order valence-electron chi connectivity index (χ4n) is 2.93. The molecular weight excluding hydrogens is 412 g/mol. The van der Waals surface area contributed by atoms with Gasteiger partial charge in [0.2, 0.25) is 5.91 Å². The van der Waals surface area contributed by atoms with Gasteiger partial charge in [0.05, 0.1) is 5.92 Å². The van der Waals surface area contributed by atoms with Crippen LogP contribution in [0.2, 0.25) is 0 Å². The predicted molar refractivity (Wildman–Crippen MR) is 105 cm³/mol. The number of anilines is 2. The number of hydrogen-bond acceptors (Lipinski definition) is 4. The number of nitrogens with one attached hydrogen (secondary N) is 1. The van der Waals surface area contributed by atoms with E-state index in [2.05, 4.69) is 21.2 Å². The number of ether oxygens (including phenoxy) is 1. The Morgan fingerprint density at radius 2 is 1.96 bits per heavy atom. The molecule has 0 aliphatic carbocycles. The van der Waals surface area contributed by atoms with E-state index in [1.807, 2.05) is 49.4 Å². The molecule has 2 aromatic rings. The van der Waals surface area contributed by atoms with Gasteiger partial charge in [-0.2, -0.15) is 0 Å². The predicted octanol–water partition coefficient (Wildman–Crippen LogP) is 3.29. The molecule has 6 nitrogen and oxygen atoms in total. The lowest BCUT2D eigenvalue weighted by Crippen LogP contribution is -2.28. The van der Waals surface area contributed by atoms with Gasteiger partial charge in [-0.15, -0.1) is 0 Å². The van der Waals surface area contributed by atoms with Crippen LogP contribution in [0.15, 0.2) is 53.0 Å². The summed E-state index contributed by atoms with van der Waals surface area (Å²) in [6.45, 7) is 1.74. The number of esters is 1. The molecule has 0 saturated carbocycles. The lowest BCUT2D eigenvalue weighted by atomic mass is 10.1. The van der Waals surface area contributed by atoms with Crippen molar-refractivity contribution < 1.29 is 19.1 Å². The van der Waals surface area contributed by atoms with Crippen molar-refractivity contribution in [3.63, 3.8) is 0 Å². The zero-order valence-electron chi connectivity index (χ0n) is 14.8. The summed E-state index contributed by atoms with van der Waals surface area (Å²) in [5.74, 6) is -1.65. The zero-order valence-corrected chi connectivity index (χ0v) is 16.4. The molecule has 0 spiro atoms. The molecule has 2 aromatic carbocycles. The van der Waals surface area contributed by atoms with Crippen LogP contribution in [-0.4, -0.2) is 30.9 Å². The molecule has 1 N–H and O–H groups in total. The van der Waals surface area contributed by atoms with E-state index >= 15 is 0 Å². The summed E-state index contributed by atoms with van der Waals surface area (Å²) in [6, 6.07) is 14.6. The van der Waals surface area contributed by atoms with E-state index in [1.165, 1.54) is 0 Å². The third kappa shape index (κ3) is 4.74. The molecule has 1 unspecified atom stereocenters. The Bertz CT molecular complexity index is 870. The Hall–Kier alpha value is -2.67. The summed E-state index contributed by atoms with van der Waals surface area (Å²) in [5.41, 5.74) is 2.30. The highest BCUT2D eigenvalue weighted by Crippen LogP contribution is 2.25. The first kappa shape index (κ1) is 19.1. The number of carbonyl (C=O) groups excluding carboxylic acids is 3. The standard InChI is InChI=1S/C20H19BrN2O4/c1-13-9-15(21)7-8-17(13)22-18(24)12-27-20(26)14-10-19(25)23(11-14)16-5-3-2-4-6-16/h2-9,14H,10-12H2,1H3,(H,22,24). The van der Waals surface area contributed by atoms with Crippen molar-refractivity contribution in [1.82, 2.24) is 0 Å². The van der Waals surface area contributed by atoms with Gasteiger partial charge in [-0.25, -0.2) is 0 Å². The molecule has 27 heavy (non-hydrogen) atoms. The van der Waals surface area contributed by atoms with Crippen LogP contribution < -0.4 is 10.2 Å². The maximum absolute atomic E-state index is 12.2. The van der Waals surface area contributed by atoms with Crippen molar-refractivity contribution in [2.24, 2.45) is 5.92 Å². The van der Waals surface area contributed by atoms with Crippen LogP contribution in [0.1, 0.15) is 12.0 Å². The third-order valence-electron chi connectivity index (χ3n) is 4.33. The first-order chi connectivity index (χ1) is 12.9. The Morgan fingerprint density at radius 3 is 2.67 bits per heavy atom. The fourth-order valence-corrected chi connectivity index (χ4v) is 3.41. The van der Waals surface area contributed by atoms with Crippen molar-refractivity contribution >= 4 is 45.1 Å². The minimum absolute atomic E-state index is 0.0845. The van der Waals surface area contributed by atoms with Crippen LogP contribution in [-0.2, 0) is 19.1 Å². The van der Waals surface area contributed by atoms with Crippen LogP contribution in [0.3, 0.4) is 0 Å². The summed E-state index contributed by atoms with van der Waals surface area (Å²) in [6.07, 6.45) is 0.0845. The van der Waals surface area contributed by atoms with Crippen molar-refractivity contribution in [2.45, 2.75) is 13.3 Å². The number of halogens is 1. The van der Waals surface area contributed by atoms with E-state index in [9.17, 15) is 14.4 Å². The second kappa shape index (κ2) is 8.35. The van der Waals surface area contributed by atoms with Gasteiger partial charge in [0.1, 0.15) is 0 Å². The molecule has 1 atom stereocenters. The number of nitrogens with zero attached hydrogens (tertiary/aromatic N) is 1. The second-order valence-corrected chi connectivity index (χ2v) is 7.27. The normalized spacial score (nSPS) is 16.3. The minimum Gasteiger partial charge on any atom is -0.455 e. The molecule has 0 aromatic heterocycles. The third-order valence-corrected chi connectivity index (χ3v) is 4.83. The second-order valence-electron chi connectivity index (χ2n) is 6.36. The fraction of sp³-hybridized carbons (Fsp3) is 0.250. The van der Waals surface area contributed by atoms with Gasteiger partial charge in [0.15, 0.2) is 6.61 Å². The van der Waals surface area contributed by atoms with E-state index in [-0.39, 0.29) is 25.5 Å². The highest BCUT2D eigenvalue weighted by molar-refractivity contribution is 9.10. The zero-order chi connectivity index (χ0) is 19.4. The van der Waals surface area contributed by atoms with Gasteiger partial charge >= 0.3 is 5.97 Å². The number of benzene rings is 2. The first-order valence-corrected chi connectivity index (χ1v) is 9.31. The number of hydrogen-bond donors (Lipinski definition) is 1. The van der Waals surface area contributed by atoms with Crippen molar-refractivity contribution in [2.75, 3.05) is 23.4 Å². The molecular formula is C20H19BrN2O4. The van der Waals surface area contributed by atoms with E-state index in [0.29, 0.717) is 5.69 Å². The maximum atomic E-state index is 12.2. The summed E-state index contributed by atoms with van der Waals surface area (Å²) in [5, 5.41) is 2.71. The largest absolute Gasteiger partial charge is 0.455 e. The molecule has 2 amide bonds. The molecule has 1 aliphatic rings. The van der Waals surface area contributed by atoms with Gasteiger partial charge in [-0.05, 0) is 42.8 Å². The number of para-hydroxylation sites is 1. The van der Waals surface area contributed by atoms with Gasteiger partial charge < -0.3 is 15.0 Å². The summed E-state index contributed by atoms with van der Waals surface area (Å²) < 4.78 is 6.03. The smallest absolute Gasteiger partial charge is 0.311 e. The molecule has 3 rings (SSSR count). The van der Waals surface area contributed by atoms with Crippen LogP contribution in [0.4, 0.5) is 11.4 Å². The van der Waals surface area contributed by atoms with Crippen molar-refractivity contribution in [3.05, 3.63) is 58.6 Å². The van der Waals surface area contributed by atoms with E-state index in [4.69, 9.17) is 4.74 Å². The number of aryl methyl sites for hydroxylation is 1. The average Bonchev–Trinajstić information content (AvgIpc) is 3.04. The molecule has 0 radical (unpaired) electrons. The molecule has 1 heterocycles. The van der Waals surface area contributed by atoms with E-state index in [1.54, 1.807) is 11.0 Å². The number of rotatable bonds is 5. The Morgan fingerprint density at radius 1 is 1.22 bits per heavy atom. The topological polar surface area (TPSA) is 75.7 Å². The Labute approximate surface area is 165 Å². The van der Waals surface area contributed by atoms with Crippen LogP contribution in [0.5, 0.6) is 0 Å². The van der Waals surface area contributed by atoms with Crippen LogP contribution >= 0.6 is 15.9 Å². The Kier molecular flexibility index (Phi) is 5.91. The quantitative estimate of drug-likeness (QED) is 0.738. The number of amides is 2. The van der Waals surface area contributed by atoms with Gasteiger partial charge in [-0.3, -0.25) is 14.4 Å². The SMILES string of the molecule is Cc1cc(Br)ccc1NC(=O)COC(=O)C1CC(=O)N(c2ccccc2)C1. The summed E-state index contributed by atoms with van der Waals surface area (Å²) in [4.78, 5) is 38.0. The first-order valence-electron chi connectivity index (χ1n) is 8.52. The highest BCUT2D eigenvalue weighted by Gasteiger charge is 2.36. The summed E-state index contributed by atoms with van der Waals surface area (Å²) in [7, 11) is 0. The molecule has 140 valence electrons. The highest BCUT2D eigenvalue weighted by atomic mass is 79.9. The van der Waals surface area contributed by atoms with Crippen LogP contribution in [0, 0.1) is 12.8 Å². The molecule has 1 aliphatic heterocycles. The molecule has 0 bridgehead atoms. The molecule has 7 heteroatoms. The Balaban J connectivity index is 1.52. The van der Waals surface area contributed by atoms with Crippen LogP contribution in [0.25, 0.3) is 0 Å². The molecule has 1 saturated heterocycles. The monoisotopic (exact) mass is 430 g/mol. The maximum Gasteiger partial charge on any atom is 0.311 e. The summed E-state index contributed by atoms with van der Waals surface area (Å²) >= 11 is 3.36. The van der Waals surface area contributed by atoms with Gasteiger partial charge in [0, 0.05) is 28.8 Å². The molecule has 1 fully saturated rings. The van der Waals surface area contributed by atoms with E-state index in [0.717, 1.165) is 15.7 Å². The lowest BCUT2D eigenvalue weighted by molar-refractivity contribution is -0.151. The van der Waals surface area contributed by atoms with Gasteiger partial charge in [0.25, 0.3) is 5.91 Å².